The first-order chi connectivity index (χ1) is 16.3. The highest BCUT2D eigenvalue weighted by Gasteiger charge is 2.46. The zero-order chi connectivity index (χ0) is 23.9. The van der Waals surface area contributed by atoms with Crippen LogP contribution >= 0.6 is 0 Å². The number of aliphatic hydroxyl groups is 4. The summed E-state index contributed by atoms with van der Waals surface area (Å²) in [6.45, 7) is 0. The molecule has 4 aliphatic rings. The summed E-state index contributed by atoms with van der Waals surface area (Å²) in [4.78, 5) is 0. The number of benzene rings is 1. The van der Waals surface area contributed by atoms with Gasteiger partial charge in [0.2, 0.25) is 0 Å². The molecule has 4 nitrogen and oxygen atoms in total. The van der Waals surface area contributed by atoms with Gasteiger partial charge in [-0.3, -0.25) is 0 Å². The minimum Gasteiger partial charge on any atom is -0.385 e. The van der Waals surface area contributed by atoms with E-state index in [0.29, 0.717) is 51.4 Å². The molecule has 4 aliphatic carbocycles. The Bertz CT molecular complexity index is 713. The fourth-order valence-corrected chi connectivity index (χ4v) is 7.76. The lowest BCUT2D eigenvalue weighted by Gasteiger charge is -2.45. The van der Waals surface area contributed by atoms with E-state index in [2.05, 4.69) is 12.1 Å². The van der Waals surface area contributed by atoms with Crippen LogP contribution in [0.1, 0.15) is 151 Å². The highest BCUT2D eigenvalue weighted by molar-refractivity contribution is 5.49. The zero-order valence-electron chi connectivity index (χ0n) is 21.1. The lowest BCUT2D eigenvalue weighted by molar-refractivity contribution is -0.0337. The molecule has 34 heavy (non-hydrogen) atoms. The van der Waals surface area contributed by atoms with Crippen molar-refractivity contribution in [3.8, 4) is 0 Å². The monoisotopic (exact) mass is 470 g/mol. The van der Waals surface area contributed by atoms with Crippen LogP contribution in [-0.2, 0) is 22.4 Å². The van der Waals surface area contributed by atoms with Gasteiger partial charge in [0.25, 0.3) is 0 Å². The zero-order valence-corrected chi connectivity index (χ0v) is 21.1. The van der Waals surface area contributed by atoms with Crippen LogP contribution in [0.25, 0.3) is 0 Å². The molecule has 5 rings (SSSR count). The third-order valence-electron chi connectivity index (χ3n) is 9.89. The highest BCUT2D eigenvalue weighted by atomic mass is 16.3. The standard InChI is InChI=1S/C30H46O4/c31-27(13-5-1-6-14-27)23-21-25(29(33)17-9-3-10-18-29)26(30(34)19-11-4-12-20-30)22-24(23)28(32)15-7-2-8-16-28/h21-22,31-34H,1-20H2. The Morgan fingerprint density at radius 1 is 0.324 bits per heavy atom. The fourth-order valence-electron chi connectivity index (χ4n) is 7.76. The summed E-state index contributed by atoms with van der Waals surface area (Å²) < 4.78 is 0. The van der Waals surface area contributed by atoms with Gasteiger partial charge >= 0.3 is 0 Å². The first-order valence-corrected chi connectivity index (χ1v) is 14.4. The molecule has 4 fully saturated rings. The van der Waals surface area contributed by atoms with Crippen molar-refractivity contribution in [2.75, 3.05) is 0 Å². The fraction of sp³-hybridized carbons (Fsp3) is 0.800. The minimum atomic E-state index is -0.964. The summed E-state index contributed by atoms with van der Waals surface area (Å²) in [6, 6.07) is 4.14. The van der Waals surface area contributed by atoms with Crippen molar-refractivity contribution in [3.63, 3.8) is 0 Å². The van der Waals surface area contributed by atoms with Crippen molar-refractivity contribution in [2.45, 2.75) is 151 Å². The molecule has 1 aromatic rings. The molecular weight excluding hydrogens is 424 g/mol. The van der Waals surface area contributed by atoms with Crippen LogP contribution in [0.3, 0.4) is 0 Å². The molecule has 0 unspecified atom stereocenters. The molecule has 0 radical (unpaired) electrons. The van der Waals surface area contributed by atoms with Gasteiger partial charge in [-0.1, -0.05) is 77.0 Å². The lowest BCUT2D eigenvalue weighted by Crippen LogP contribution is -2.40. The molecule has 0 heterocycles. The summed E-state index contributed by atoms with van der Waals surface area (Å²) in [7, 11) is 0. The van der Waals surface area contributed by atoms with Crippen LogP contribution < -0.4 is 0 Å². The van der Waals surface area contributed by atoms with E-state index in [1.165, 1.54) is 0 Å². The molecule has 0 amide bonds. The van der Waals surface area contributed by atoms with Crippen LogP contribution in [0.2, 0.25) is 0 Å². The van der Waals surface area contributed by atoms with E-state index in [1.807, 2.05) is 0 Å². The van der Waals surface area contributed by atoms with Gasteiger partial charge in [0.05, 0.1) is 22.4 Å². The van der Waals surface area contributed by atoms with Crippen molar-refractivity contribution in [2.24, 2.45) is 0 Å². The number of hydrogen-bond acceptors (Lipinski definition) is 4. The van der Waals surface area contributed by atoms with Crippen LogP contribution in [0, 0.1) is 0 Å². The van der Waals surface area contributed by atoms with E-state index in [4.69, 9.17) is 0 Å². The topological polar surface area (TPSA) is 80.9 Å². The Morgan fingerprint density at radius 3 is 0.676 bits per heavy atom. The third kappa shape index (κ3) is 4.49. The first kappa shape index (κ1) is 24.7. The van der Waals surface area contributed by atoms with Gasteiger partial charge in [0.15, 0.2) is 0 Å². The van der Waals surface area contributed by atoms with Gasteiger partial charge in [0, 0.05) is 0 Å². The molecule has 0 aromatic heterocycles. The molecule has 0 spiro atoms. The summed E-state index contributed by atoms with van der Waals surface area (Å²) in [5.41, 5.74) is -0.490. The van der Waals surface area contributed by atoms with Crippen molar-refractivity contribution in [3.05, 3.63) is 34.4 Å². The first-order valence-electron chi connectivity index (χ1n) is 14.4. The molecule has 0 aliphatic heterocycles. The molecule has 4 N–H and O–H groups in total. The SMILES string of the molecule is OC1(c2cc(C3(O)CCCCC3)c(C3(O)CCCCC3)cc2C2(O)CCCCC2)CCCCC1. The molecule has 4 heteroatoms. The van der Waals surface area contributed by atoms with Gasteiger partial charge in [-0.25, -0.2) is 0 Å². The van der Waals surface area contributed by atoms with Gasteiger partial charge < -0.3 is 20.4 Å². The second-order valence-corrected chi connectivity index (χ2v) is 12.3. The van der Waals surface area contributed by atoms with E-state index in [9.17, 15) is 20.4 Å². The van der Waals surface area contributed by atoms with Crippen LogP contribution in [-0.4, -0.2) is 20.4 Å². The Morgan fingerprint density at radius 2 is 0.500 bits per heavy atom. The third-order valence-corrected chi connectivity index (χ3v) is 9.89. The summed E-state index contributed by atoms with van der Waals surface area (Å²) in [5.74, 6) is 0. The largest absolute Gasteiger partial charge is 0.385 e. The molecule has 0 atom stereocenters. The molecule has 4 saturated carbocycles. The van der Waals surface area contributed by atoms with Gasteiger partial charge in [-0.2, -0.15) is 0 Å². The Labute approximate surface area is 205 Å². The molecular formula is C30H46O4. The summed E-state index contributed by atoms with van der Waals surface area (Å²) >= 11 is 0. The maximum atomic E-state index is 12.0. The van der Waals surface area contributed by atoms with Crippen molar-refractivity contribution in [1.82, 2.24) is 0 Å². The van der Waals surface area contributed by atoms with Crippen molar-refractivity contribution in [1.29, 1.82) is 0 Å². The van der Waals surface area contributed by atoms with Crippen LogP contribution in [0.5, 0.6) is 0 Å². The normalized spacial score (nSPS) is 28.4. The molecule has 1 aromatic carbocycles. The van der Waals surface area contributed by atoms with Crippen LogP contribution in [0.4, 0.5) is 0 Å². The number of hydrogen-bond donors (Lipinski definition) is 4. The predicted octanol–water partition coefficient (Wildman–Crippen LogP) is 6.29. The molecule has 190 valence electrons. The summed E-state index contributed by atoms with van der Waals surface area (Å²) in [6.07, 6.45) is 18.1. The smallest absolute Gasteiger partial charge is 0.0900 e. The summed E-state index contributed by atoms with van der Waals surface area (Å²) in [5, 5.41) is 47.9. The van der Waals surface area contributed by atoms with Gasteiger partial charge in [0.1, 0.15) is 0 Å². The average molecular weight is 471 g/mol. The highest BCUT2D eigenvalue weighted by Crippen LogP contribution is 2.52. The maximum absolute atomic E-state index is 12.0. The van der Waals surface area contributed by atoms with Crippen LogP contribution in [0.15, 0.2) is 12.1 Å². The van der Waals surface area contributed by atoms with Gasteiger partial charge in [-0.05, 0) is 85.8 Å². The average Bonchev–Trinajstić information content (AvgIpc) is 2.85. The van der Waals surface area contributed by atoms with Gasteiger partial charge in [-0.15, -0.1) is 0 Å². The minimum absolute atomic E-state index is 0.706. The quantitative estimate of drug-likeness (QED) is 0.417. The molecule has 0 saturated heterocycles. The Hall–Kier alpha value is -0.940. The van der Waals surface area contributed by atoms with Crippen molar-refractivity contribution < 1.29 is 20.4 Å². The van der Waals surface area contributed by atoms with E-state index in [1.54, 1.807) is 0 Å². The second-order valence-electron chi connectivity index (χ2n) is 12.3. The number of rotatable bonds is 4. The van der Waals surface area contributed by atoms with Crippen molar-refractivity contribution >= 4 is 0 Å². The molecule has 0 bridgehead atoms. The van der Waals surface area contributed by atoms with E-state index in [-0.39, 0.29) is 0 Å². The predicted molar refractivity (Wildman–Crippen MR) is 134 cm³/mol. The Balaban J connectivity index is 1.73. The maximum Gasteiger partial charge on any atom is 0.0900 e. The second kappa shape index (κ2) is 9.50. The van der Waals surface area contributed by atoms with E-state index < -0.39 is 22.4 Å². The van der Waals surface area contributed by atoms with E-state index >= 15 is 0 Å². The van der Waals surface area contributed by atoms with E-state index in [0.717, 1.165) is 99.3 Å². The lowest BCUT2D eigenvalue weighted by atomic mass is 9.65. The Kier molecular flexibility index (Phi) is 6.91.